The highest BCUT2D eigenvalue weighted by Gasteiger charge is 2.33. The number of nitrogens with zero attached hydrogens (tertiary/aromatic N) is 3. The molecule has 4 rings (SSSR count). The standard InChI is InChI=1S/C27H34F3N3O5S/c1-26(2,3)22-15-32(14-19-8-6-12-37-19)24(39-22)31-23(34)20-13-17(27(28,29)30)9-10-21(20)38-16-18-7-4-5-11-33(18)25(35)36/h9-10,13,15,18-19H,4-8,11-12,14,16H2,1-3H3,(H,35,36)/b31-24-/t18-,19-/m1/s1. The van der Waals surface area contributed by atoms with Crippen LogP contribution < -0.4 is 9.54 Å². The van der Waals surface area contributed by atoms with Gasteiger partial charge in [-0.05, 0) is 55.7 Å². The second-order valence-corrected chi connectivity index (χ2v) is 12.0. The van der Waals surface area contributed by atoms with E-state index in [-0.39, 0.29) is 29.4 Å². The van der Waals surface area contributed by atoms with Crippen LogP contribution in [0.4, 0.5) is 18.0 Å². The Kier molecular flexibility index (Phi) is 8.75. The Morgan fingerprint density at radius 3 is 2.59 bits per heavy atom. The summed E-state index contributed by atoms with van der Waals surface area (Å²) >= 11 is 1.31. The lowest BCUT2D eigenvalue weighted by atomic mass is 9.95. The largest absolute Gasteiger partial charge is 0.491 e. The number of hydrogen-bond acceptors (Lipinski definition) is 5. The van der Waals surface area contributed by atoms with E-state index in [1.54, 1.807) is 0 Å². The zero-order valence-electron chi connectivity index (χ0n) is 22.3. The number of amides is 2. The summed E-state index contributed by atoms with van der Waals surface area (Å²) in [4.78, 5) is 31.9. The average molecular weight is 570 g/mol. The van der Waals surface area contributed by atoms with E-state index in [1.165, 1.54) is 16.2 Å². The zero-order valence-corrected chi connectivity index (χ0v) is 23.1. The third kappa shape index (κ3) is 7.21. The van der Waals surface area contributed by atoms with Crippen molar-refractivity contribution >= 4 is 23.3 Å². The second kappa shape index (κ2) is 11.7. The predicted octanol–water partition coefficient (Wildman–Crippen LogP) is 5.70. The molecule has 2 aliphatic rings. The van der Waals surface area contributed by atoms with Crippen molar-refractivity contribution in [2.75, 3.05) is 19.8 Å². The minimum Gasteiger partial charge on any atom is -0.491 e. The molecule has 2 atom stereocenters. The lowest BCUT2D eigenvalue weighted by molar-refractivity contribution is -0.137. The quantitative estimate of drug-likeness (QED) is 0.482. The molecule has 0 spiro atoms. The van der Waals surface area contributed by atoms with Crippen LogP contribution in [0.1, 0.15) is 73.7 Å². The molecule has 214 valence electrons. The Bertz CT molecular complexity index is 1260. The van der Waals surface area contributed by atoms with Gasteiger partial charge >= 0.3 is 12.3 Å². The van der Waals surface area contributed by atoms with Crippen molar-refractivity contribution in [3.63, 3.8) is 0 Å². The summed E-state index contributed by atoms with van der Waals surface area (Å²) in [5.74, 6) is -0.927. The topological polar surface area (TPSA) is 93.4 Å². The molecule has 0 saturated carbocycles. The van der Waals surface area contributed by atoms with Gasteiger partial charge in [-0.2, -0.15) is 18.2 Å². The van der Waals surface area contributed by atoms with Crippen LogP contribution in [-0.2, 0) is 22.9 Å². The van der Waals surface area contributed by atoms with Gasteiger partial charge in [0.2, 0.25) is 0 Å². The van der Waals surface area contributed by atoms with Crippen LogP contribution in [0.25, 0.3) is 0 Å². The number of halogens is 3. The van der Waals surface area contributed by atoms with Crippen LogP contribution >= 0.6 is 11.3 Å². The number of likely N-dealkylation sites (tertiary alicyclic amines) is 1. The first kappa shape index (κ1) is 29.1. The molecule has 0 unspecified atom stereocenters. The summed E-state index contributed by atoms with van der Waals surface area (Å²) in [5, 5.41) is 9.49. The summed E-state index contributed by atoms with van der Waals surface area (Å²) in [6.07, 6.45) is 0.0744. The van der Waals surface area contributed by atoms with E-state index in [0.29, 0.717) is 30.9 Å². The normalized spacial score (nSPS) is 20.9. The highest BCUT2D eigenvalue weighted by molar-refractivity contribution is 7.09. The van der Waals surface area contributed by atoms with Crippen LogP contribution in [-0.4, -0.2) is 58.5 Å². The van der Waals surface area contributed by atoms with E-state index in [4.69, 9.17) is 9.47 Å². The number of carbonyl (C=O) groups is 2. The zero-order chi connectivity index (χ0) is 28.4. The van der Waals surface area contributed by atoms with Crippen molar-refractivity contribution < 1.29 is 37.3 Å². The van der Waals surface area contributed by atoms with Gasteiger partial charge in [-0.1, -0.05) is 20.8 Å². The molecule has 0 radical (unpaired) electrons. The first-order valence-electron chi connectivity index (χ1n) is 13.1. The molecular formula is C27H34F3N3O5S. The van der Waals surface area contributed by atoms with Gasteiger partial charge in [0.25, 0.3) is 5.91 Å². The Morgan fingerprint density at radius 1 is 1.18 bits per heavy atom. The molecule has 2 aliphatic heterocycles. The number of hydrogen-bond donors (Lipinski definition) is 1. The Labute approximate surface area is 229 Å². The number of rotatable bonds is 6. The molecule has 39 heavy (non-hydrogen) atoms. The van der Waals surface area contributed by atoms with Gasteiger partial charge < -0.3 is 24.0 Å². The third-order valence-electron chi connectivity index (χ3n) is 6.92. The minimum atomic E-state index is -4.67. The number of carboxylic acid groups (broad SMARTS) is 1. The van der Waals surface area contributed by atoms with E-state index in [9.17, 15) is 27.9 Å². The Morgan fingerprint density at radius 2 is 1.95 bits per heavy atom. The molecule has 0 bridgehead atoms. The van der Waals surface area contributed by atoms with Gasteiger partial charge in [-0.25, -0.2) is 4.79 Å². The van der Waals surface area contributed by atoms with Gasteiger partial charge in [-0.3, -0.25) is 4.79 Å². The molecule has 1 aromatic carbocycles. The maximum absolute atomic E-state index is 13.6. The SMILES string of the molecule is CC(C)(C)c1cn(C[C@H]2CCCO2)/c(=N/C(=O)c2cc(C(F)(F)F)ccc2OC[C@H]2CCCCN2C(=O)O)s1. The third-order valence-corrected chi connectivity index (χ3v) is 8.37. The monoisotopic (exact) mass is 569 g/mol. The lowest BCUT2D eigenvalue weighted by Crippen LogP contribution is -2.46. The highest BCUT2D eigenvalue weighted by Crippen LogP contribution is 2.33. The number of thiazole rings is 1. The van der Waals surface area contributed by atoms with Crippen molar-refractivity contribution in [2.45, 2.75) is 83.2 Å². The van der Waals surface area contributed by atoms with Crippen molar-refractivity contribution in [3.8, 4) is 5.75 Å². The number of alkyl halides is 3. The van der Waals surface area contributed by atoms with Crippen LogP contribution in [0.3, 0.4) is 0 Å². The first-order valence-corrected chi connectivity index (χ1v) is 13.9. The highest BCUT2D eigenvalue weighted by atomic mass is 32.1. The Hall–Kier alpha value is -2.86. The van der Waals surface area contributed by atoms with Gasteiger partial charge in [0, 0.05) is 24.2 Å². The van der Waals surface area contributed by atoms with Gasteiger partial charge in [0.15, 0.2) is 4.80 Å². The van der Waals surface area contributed by atoms with Crippen molar-refractivity contribution in [1.82, 2.24) is 9.47 Å². The molecule has 1 N–H and O–H groups in total. The summed E-state index contributed by atoms with van der Waals surface area (Å²) in [7, 11) is 0. The maximum atomic E-state index is 13.6. The number of aromatic nitrogens is 1. The second-order valence-electron chi connectivity index (χ2n) is 11.0. The number of piperidine rings is 1. The molecule has 2 amide bonds. The minimum absolute atomic E-state index is 0.0263. The summed E-state index contributed by atoms with van der Waals surface area (Å²) in [6.45, 7) is 7.53. The van der Waals surface area contributed by atoms with Gasteiger partial charge in [0.05, 0.1) is 29.8 Å². The molecule has 2 fully saturated rings. The molecule has 8 nitrogen and oxygen atoms in total. The van der Waals surface area contributed by atoms with E-state index in [2.05, 4.69) is 4.99 Å². The fourth-order valence-electron chi connectivity index (χ4n) is 4.71. The Balaban J connectivity index is 1.69. The first-order chi connectivity index (χ1) is 18.3. The molecule has 0 aliphatic carbocycles. The average Bonchev–Trinajstić information content (AvgIpc) is 3.52. The fraction of sp³-hybridized carbons (Fsp3) is 0.593. The summed E-state index contributed by atoms with van der Waals surface area (Å²) in [6, 6.07) is 2.25. The smallest absolute Gasteiger partial charge is 0.416 e. The fourth-order valence-corrected chi connectivity index (χ4v) is 5.77. The molecule has 12 heteroatoms. The predicted molar refractivity (Wildman–Crippen MR) is 139 cm³/mol. The summed E-state index contributed by atoms with van der Waals surface area (Å²) in [5.41, 5.74) is -1.54. The van der Waals surface area contributed by atoms with E-state index >= 15 is 0 Å². The lowest BCUT2D eigenvalue weighted by Gasteiger charge is -2.33. The van der Waals surface area contributed by atoms with Crippen LogP contribution in [0.2, 0.25) is 0 Å². The van der Waals surface area contributed by atoms with Crippen LogP contribution in [0.15, 0.2) is 29.4 Å². The summed E-state index contributed by atoms with van der Waals surface area (Å²) < 4.78 is 54.1. The van der Waals surface area contributed by atoms with Crippen LogP contribution in [0, 0.1) is 0 Å². The molecule has 3 heterocycles. The van der Waals surface area contributed by atoms with Crippen molar-refractivity contribution in [2.24, 2.45) is 4.99 Å². The maximum Gasteiger partial charge on any atom is 0.416 e. The van der Waals surface area contributed by atoms with Crippen LogP contribution in [0.5, 0.6) is 5.75 Å². The van der Waals surface area contributed by atoms with E-state index in [0.717, 1.165) is 48.8 Å². The number of benzene rings is 1. The van der Waals surface area contributed by atoms with Gasteiger partial charge in [-0.15, -0.1) is 11.3 Å². The van der Waals surface area contributed by atoms with Gasteiger partial charge in [0.1, 0.15) is 12.4 Å². The number of carbonyl (C=O) groups excluding carboxylic acids is 1. The van der Waals surface area contributed by atoms with E-state index in [1.807, 2.05) is 31.5 Å². The van der Waals surface area contributed by atoms with E-state index < -0.39 is 29.8 Å². The van der Waals surface area contributed by atoms with Crippen molar-refractivity contribution in [1.29, 1.82) is 0 Å². The van der Waals surface area contributed by atoms with Crippen molar-refractivity contribution in [3.05, 3.63) is 45.2 Å². The molecule has 1 aromatic heterocycles. The molecular weight excluding hydrogens is 535 g/mol. The molecule has 2 aromatic rings. The number of ether oxygens (including phenoxy) is 2. The molecule has 2 saturated heterocycles.